The van der Waals surface area contributed by atoms with Crippen LogP contribution in [-0.4, -0.2) is 26.5 Å². The molecule has 0 aromatic heterocycles. The van der Waals surface area contributed by atoms with E-state index in [9.17, 15) is 8.42 Å². The van der Waals surface area contributed by atoms with Gasteiger partial charge in [0.2, 0.25) is 0 Å². The molecule has 0 unspecified atom stereocenters. The van der Waals surface area contributed by atoms with E-state index in [4.69, 9.17) is 5.73 Å². The van der Waals surface area contributed by atoms with Gasteiger partial charge in [-0.1, -0.05) is 29.3 Å². The zero-order valence-electron chi connectivity index (χ0n) is 9.86. The van der Waals surface area contributed by atoms with E-state index in [1.165, 1.54) is 11.1 Å². The Balaban J connectivity index is 2.68. The standard InChI is InChI=1S/C12H19NO2S/c1-10-7-11(2)9-12(8-10)3-5-16(14,15)6-4-13/h7-9H,3-6,13H2,1-2H3. The molecule has 90 valence electrons. The third-order valence-corrected chi connectivity index (χ3v) is 4.10. The van der Waals surface area contributed by atoms with E-state index in [0.29, 0.717) is 6.42 Å². The highest BCUT2D eigenvalue weighted by atomic mass is 32.2. The van der Waals surface area contributed by atoms with Gasteiger partial charge < -0.3 is 5.73 Å². The van der Waals surface area contributed by atoms with E-state index in [2.05, 4.69) is 6.07 Å². The van der Waals surface area contributed by atoms with Crippen molar-refractivity contribution in [1.29, 1.82) is 0 Å². The van der Waals surface area contributed by atoms with E-state index in [-0.39, 0.29) is 18.1 Å². The Labute approximate surface area is 97.6 Å². The number of rotatable bonds is 5. The summed E-state index contributed by atoms with van der Waals surface area (Å²) in [6, 6.07) is 6.15. The average molecular weight is 241 g/mol. The molecule has 0 saturated heterocycles. The molecule has 0 saturated carbocycles. The Morgan fingerprint density at radius 1 is 1.06 bits per heavy atom. The van der Waals surface area contributed by atoms with Crippen molar-refractivity contribution in [2.24, 2.45) is 5.73 Å². The molecule has 0 aliphatic heterocycles. The molecule has 2 N–H and O–H groups in total. The quantitative estimate of drug-likeness (QED) is 0.843. The van der Waals surface area contributed by atoms with Crippen LogP contribution < -0.4 is 5.73 Å². The first-order valence-electron chi connectivity index (χ1n) is 5.40. The van der Waals surface area contributed by atoms with Crippen molar-refractivity contribution in [3.05, 3.63) is 34.9 Å². The van der Waals surface area contributed by atoms with Crippen LogP contribution >= 0.6 is 0 Å². The van der Waals surface area contributed by atoms with Crippen LogP contribution in [-0.2, 0) is 16.3 Å². The van der Waals surface area contributed by atoms with Crippen LogP contribution in [0.3, 0.4) is 0 Å². The number of sulfone groups is 1. The molecule has 0 heterocycles. The van der Waals surface area contributed by atoms with Gasteiger partial charge >= 0.3 is 0 Å². The monoisotopic (exact) mass is 241 g/mol. The van der Waals surface area contributed by atoms with Crippen molar-refractivity contribution < 1.29 is 8.42 Å². The van der Waals surface area contributed by atoms with Gasteiger partial charge in [0.05, 0.1) is 11.5 Å². The molecule has 16 heavy (non-hydrogen) atoms. The van der Waals surface area contributed by atoms with Crippen LogP contribution in [0, 0.1) is 13.8 Å². The molecular formula is C12H19NO2S. The van der Waals surface area contributed by atoms with Crippen molar-refractivity contribution in [3.63, 3.8) is 0 Å². The zero-order valence-corrected chi connectivity index (χ0v) is 10.7. The van der Waals surface area contributed by atoms with Gasteiger partial charge in [-0.05, 0) is 25.8 Å². The number of hydrogen-bond acceptors (Lipinski definition) is 3. The zero-order chi connectivity index (χ0) is 12.2. The predicted molar refractivity (Wildman–Crippen MR) is 67.3 cm³/mol. The highest BCUT2D eigenvalue weighted by Gasteiger charge is 2.09. The van der Waals surface area contributed by atoms with Crippen molar-refractivity contribution >= 4 is 9.84 Å². The number of aryl methyl sites for hydroxylation is 3. The van der Waals surface area contributed by atoms with E-state index < -0.39 is 9.84 Å². The van der Waals surface area contributed by atoms with Crippen LogP contribution in [0.4, 0.5) is 0 Å². The topological polar surface area (TPSA) is 60.2 Å². The molecule has 0 aliphatic carbocycles. The highest BCUT2D eigenvalue weighted by Crippen LogP contribution is 2.10. The molecule has 0 spiro atoms. The van der Waals surface area contributed by atoms with E-state index in [1.54, 1.807) is 0 Å². The van der Waals surface area contributed by atoms with E-state index in [0.717, 1.165) is 5.56 Å². The third-order valence-electron chi connectivity index (χ3n) is 2.41. The Kier molecular flexibility index (Phi) is 4.50. The van der Waals surface area contributed by atoms with Gasteiger partial charge in [-0.2, -0.15) is 0 Å². The van der Waals surface area contributed by atoms with Gasteiger partial charge in [-0.25, -0.2) is 8.42 Å². The normalized spacial score (nSPS) is 11.7. The van der Waals surface area contributed by atoms with Crippen LogP contribution in [0.1, 0.15) is 16.7 Å². The molecule has 0 amide bonds. The molecular weight excluding hydrogens is 222 g/mol. The molecule has 1 aromatic carbocycles. The summed E-state index contributed by atoms with van der Waals surface area (Å²) in [6.45, 7) is 4.24. The number of nitrogens with two attached hydrogens (primary N) is 1. The summed E-state index contributed by atoms with van der Waals surface area (Å²) in [4.78, 5) is 0. The Hall–Kier alpha value is -0.870. The fraction of sp³-hybridized carbons (Fsp3) is 0.500. The second-order valence-electron chi connectivity index (χ2n) is 4.19. The number of hydrogen-bond donors (Lipinski definition) is 1. The first-order chi connectivity index (χ1) is 7.43. The Morgan fingerprint density at radius 3 is 2.12 bits per heavy atom. The van der Waals surface area contributed by atoms with Crippen LogP contribution in [0.2, 0.25) is 0 Å². The summed E-state index contributed by atoms with van der Waals surface area (Å²) >= 11 is 0. The van der Waals surface area contributed by atoms with E-state index in [1.807, 2.05) is 26.0 Å². The van der Waals surface area contributed by atoms with Gasteiger partial charge in [-0.15, -0.1) is 0 Å². The molecule has 0 bridgehead atoms. The Morgan fingerprint density at radius 2 is 1.62 bits per heavy atom. The van der Waals surface area contributed by atoms with Crippen LogP contribution in [0.15, 0.2) is 18.2 Å². The maximum atomic E-state index is 11.5. The summed E-state index contributed by atoms with van der Waals surface area (Å²) in [7, 11) is -2.98. The number of benzene rings is 1. The lowest BCUT2D eigenvalue weighted by Crippen LogP contribution is -2.19. The lowest BCUT2D eigenvalue weighted by molar-refractivity contribution is 0.595. The van der Waals surface area contributed by atoms with Gasteiger partial charge in [0.25, 0.3) is 0 Å². The molecule has 0 radical (unpaired) electrons. The molecule has 0 aliphatic rings. The van der Waals surface area contributed by atoms with Gasteiger partial charge in [0.15, 0.2) is 9.84 Å². The van der Waals surface area contributed by atoms with Crippen molar-refractivity contribution in [2.75, 3.05) is 18.1 Å². The maximum Gasteiger partial charge on any atom is 0.151 e. The van der Waals surface area contributed by atoms with Gasteiger partial charge in [0.1, 0.15) is 0 Å². The fourth-order valence-electron chi connectivity index (χ4n) is 1.77. The lowest BCUT2D eigenvalue weighted by atomic mass is 10.1. The first kappa shape index (κ1) is 13.2. The largest absolute Gasteiger partial charge is 0.329 e. The Bertz CT molecular complexity index is 432. The second-order valence-corrected chi connectivity index (χ2v) is 6.49. The molecule has 0 fully saturated rings. The third kappa shape index (κ3) is 4.33. The SMILES string of the molecule is Cc1cc(C)cc(CCS(=O)(=O)CCN)c1. The van der Waals surface area contributed by atoms with Crippen molar-refractivity contribution in [2.45, 2.75) is 20.3 Å². The summed E-state index contributed by atoms with van der Waals surface area (Å²) in [5.74, 6) is 0.269. The second kappa shape index (κ2) is 5.46. The van der Waals surface area contributed by atoms with Crippen LogP contribution in [0.5, 0.6) is 0 Å². The van der Waals surface area contributed by atoms with Crippen molar-refractivity contribution in [3.8, 4) is 0 Å². The van der Waals surface area contributed by atoms with E-state index >= 15 is 0 Å². The first-order valence-corrected chi connectivity index (χ1v) is 7.23. The minimum atomic E-state index is -2.98. The predicted octanol–water partition coefficient (Wildman–Crippen LogP) is 1.22. The summed E-state index contributed by atoms with van der Waals surface area (Å²) in [6.07, 6.45) is 0.574. The minimum absolute atomic E-state index is 0.0811. The summed E-state index contributed by atoms with van der Waals surface area (Å²) in [5.41, 5.74) is 8.68. The molecule has 0 atom stereocenters. The smallest absolute Gasteiger partial charge is 0.151 e. The highest BCUT2D eigenvalue weighted by molar-refractivity contribution is 7.91. The molecule has 4 heteroatoms. The van der Waals surface area contributed by atoms with Gasteiger partial charge in [-0.3, -0.25) is 0 Å². The summed E-state index contributed by atoms with van der Waals surface area (Å²) < 4.78 is 23.0. The minimum Gasteiger partial charge on any atom is -0.329 e. The molecule has 1 aromatic rings. The van der Waals surface area contributed by atoms with Crippen LogP contribution in [0.25, 0.3) is 0 Å². The molecule has 3 nitrogen and oxygen atoms in total. The summed E-state index contributed by atoms with van der Waals surface area (Å²) in [5, 5.41) is 0. The van der Waals surface area contributed by atoms with Crippen molar-refractivity contribution in [1.82, 2.24) is 0 Å². The van der Waals surface area contributed by atoms with Gasteiger partial charge in [0, 0.05) is 6.54 Å². The lowest BCUT2D eigenvalue weighted by Gasteiger charge is -2.05. The molecule has 1 rings (SSSR count). The average Bonchev–Trinajstić information content (AvgIpc) is 2.13. The maximum absolute atomic E-state index is 11.5. The fourth-order valence-corrected chi connectivity index (χ4v) is 2.88.